The zero-order valence-corrected chi connectivity index (χ0v) is 16.9. The number of sulfonamides is 1. The highest BCUT2D eigenvalue weighted by atomic mass is 32.2. The second-order valence-electron chi connectivity index (χ2n) is 7.11. The van der Waals surface area contributed by atoms with Gasteiger partial charge in [0.1, 0.15) is 6.10 Å². The smallest absolute Gasteiger partial charge is 0.234 e. The van der Waals surface area contributed by atoms with Gasteiger partial charge in [0.25, 0.3) is 0 Å². The van der Waals surface area contributed by atoms with Crippen molar-refractivity contribution in [1.29, 1.82) is 0 Å². The van der Waals surface area contributed by atoms with E-state index in [4.69, 9.17) is 4.74 Å². The summed E-state index contributed by atoms with van der Waals surface area (Å²) in [7, 11) is 0.0954. The van der Waals surface area contributed by atoms with Gasteiger partial charge in [0.2, 0.25) is 27.7 Å². The minimum absolute atomic E-state index is 0.0988. The molecular weight excluding hydrogens is 386 g/mol. The van der Waals surface area contributed by atoms with Crippen LogP contribution in [0.4, 0.5) is 5.82 Å². The third-order valence-electron chi connectivity index (χ3n) is 4.80. The van der Waals surface area contributed by atoms with E-state index in [9.17, 15) is 18.0 Å². The van der Waals surface area contributed by atoms with Crippen LogP contribution in [0.25, 0.3) is 0 Å². The fraction of sp³-hybridized carbons (Fsp3) is 0.647. The molecule has 0 N–H and O–H groups in total. The van der Waals surface area contributed by atoms with Crippen LogP contribution >= 0.6 is 0 Å². The molecule has 154 valence electrons. The molecule has 3 heterocycles. The van der Waals surface area contributed by atoms with Crippen LogP contribution in [-0.4, -0.2) is 85.0 Å². The van der Waals surface area contributed by atoms with E-state index in [0.29, 0.717) is 43.9 Å². The van der Waals surface area contributed by atoms with Crippen LogP contribution in [0, 0.1) is 0 Å². The van der Waals surface area contributed by atoms with Gasteiger partial charge >= 0.3 is 0 Å². The number of hydrogen-bond donors (Lipinski definition) is 0. The van der Waals surface area contributed by atoms with Crippen LogP contribution in [0.2, 0.25) is 0 Å². The second-order valence-corrected chi connectivity index (χ2v) is 9.19. The number of aromatic nitrogens is 2. The van der Waals surface area contributed by atoms with Crippen molar-refractivity contribution in [1.82, 2.24) is 19.2 Å². The predicted molar refractivity (Wildman–Crippen MR) is 101 cm³/mol. The SMILES string of the molecule is CN(C)c1cncc(OC2CCN(S(=O)(=O)CCN3C(=O)CCCC3=O)C2)n1. The van der Waals surface area contributed by atoms with Gasteiger partial charge in [0, 0.05) is 40.0 Å². The molecule has 0 spiro atoms. The zero-order valence-electron chi connectivity index (χ0n) is 16.1. The molecule has 1 aromatic rings. The molecule has 2 aliphatic heterocycles. The number of hydrogen-bond acceptors (Lipinski definition) is 8. The van der Waals surface area contributed by atoms with E-state index in [1.807, 2.05) is 14.1 Å². The number of anilines is 1. The number of rotatable bonds is 7. The molecule has 2 fully saturated rings. The second kappa shape index (κ2) is 8.39. The predicted octanol–water partition coefficient (Wildman–Crippen LogP) is -0.135. The summed E-state index contributed by atoms with van der Waals surface area (Å²) in [6.45, 7) is 0.437. The Hall–Kier alpha value is -2.27. The molecule has 2 aliphatic rings. The molecule has 1 unspecified atom stereocenters. The van der Waals surface area contributed by atoms with Crippen LogP contribution in [0.15, 0.2) is 12.4 Å². The highest BCUT2D eigenvalue weighted by Gasteiger charge is 2.34. The Balaban J connectivity index is 1.55. The fourth-order valence-corrected chi connectivity index (χ4v) is 4.66. The average Bonchev–Trinajstić information content (AvgIpc) is 3.11. The van der Waals surface area contributed by atoms with Crippen LogP contribution < -0.4 is 9.64 Å². The standard InChI is InChI=1S/C17H25N5O5S/c1-20(2)14-10-18-11-15(19-14)27-13-6-7-21(12-13)28(25,26)9-8-22-16(23)4-3-5-17(22)24/h10-11,13H,3-9,12H2,1-2H3. The van der Waals surface area contributed by atoms with Crippen molar-refractivity contribution >= 4 is 27.7 Å². The number of carbonyl (C=O) groups is 2. The molecule has 0 radical (unpaired) electrons. The lowest BCUT2D eigenvalue weighted by atomic mass is 10.1. The molecule has 0 aliphatic carbocycles. The summed E-state index contributed by atoms with van der Waals surface area (Å²) in [5.74, 6) is 0.130. The minimum atomic E-state index is -3.59. The Morgan fingerprint density at radius 3 is 2.61 bits per heavy atom. The molecule has 28 heavy (non-hydrogen) atoms. The van der Waals surface area contributed by atoms with Crippen LogP contribution in [-0.2, 0) is 19.6 Å². The maximum atomic E-state index is 12.6. The van der Waals surface area contributed by atoms with Crippen molar-refractivity contribution in [2.24, 2.45) is 0 Å². The van der Waals surface area contributed by atoms with Gasteiger partial charge in [-0.15, -0.1) is 0 Å². The van der Waals surface area contributed by atoms with Crippen molar-refractivity contribution in [3.63, 3.8) is 0 Å². The van der Waals surface area contributed by atoms with E-state index in [1.165, 1.54) is 10.5 Å². The van der Waals surface area contributed by atoms with Gasteiger partial charge in [-0.05, 0) is 12.8 Å². The Morgan fingerprint density at radius 1 is 1.21 bits per heavy atom. The number of piperidine rings is 1. The molecule has 11 heteroatoms. The van der Waals surface area contributed by atoms with E-state index < -0.39 is 10.0 Å². The van der Waals surface area contributed by atoms with Crippen molar-refractivity contribution in [3.05, 3.63) is 12.4 Å². The van der Waals surface area contributed by atoms with Crippen molar-refractivity contribution in [2.45, 2.75) is 31.8 Å². The van der Waals surface area contributed by atoms with E-state index in [1.54, 1.807) is 11.1 Å². The Labute approximate surface area is 164 Å². The normalized spacial score (nSPS) is 21.2. The summed E-state index contributed by atoms with van der Waals surface area (Å²) < 4.78 is 32.4. The lowest BCUT2D eigenvalue weighted by Crippen LogP contribution is -2.44. The molecule has 1 aromatic heterocycles. The van der Waals surface area contributed by atoms with Crippen LogP contribution in [0.1, 0.15) is 25.7 Å². The van der Waals surface area contributed by atoms with Gasteiger partial charge in [-0.25, -0.2) is 8.42 Å². The van der Waals surface area contributed by atoms with E-state index in [-0.39, 0.29) is 36.8 Å². The topological polar surface area (TPSA) is 113 Å². The summed E-state index contributed by atoms with van der Waals surface area (Å²) in [4.78, 5) is 34.9. The number of likely N-dealkylation sites (tertiary alicyclic amines) is 1. The van der Waals surface area contributed by atoms with Crippen molar-refractivity contribution in [3.8, 4) is 5.88 Å². The molecule has 2 amide bonds. The number of carbonyl (C=O) groups excluding carboxylic acids is 2. The summed E-state index contributed by atoms with van der Waals surface area (Å²) in [6.07, 6.45) is 4.44. The maximum absolute atomic E-state index is 12.6. The van der Waals surface area contributed by atoms with Crippen LogP contribution in [0.3, 0.4) is 0 Å². The van der Waals surface area contributed by atoms with Gasteiger partial charge < -0.3 is 9.64 Å². The largest absolute Gasteiger partial charge is 0.472 e. The molecule has 3 rings (SSSR count). The molecule has 0 bridgehead atoms. The highest BCUT2D eigenvalue weighted by molar-refractivity contribution is 7.89. The van der Waals surface area contributed by atoms with Gasteiger partial charge in [-0.2, -0.15) is 9.29 Å². The molecule has 1 atom stereocenters. The first kappa shape index (κ1) is 20.5. The summed E-state index contributed by atoms with van der Waals surface area (Å²) >= 11 is 0. The third kappa shape index (κ3) is 4.76. The molecule has 0 aromatic carbocycles. The number of ether oxygens (including phenoxy) is 1. The molecule has 0 saturated carbocycles. The Morgan fingerprint density at radius 2 is 1.93 bits per heavy atom. The molecule has 10 nitrogen and oxygen atoms in total. The van der Waals surface area contributed by atoms with Crippen LogP contribution in [0.5, 0.6) is 5.88 Å². The molecular formula is C17H25N5O5S. The summed E-state index contributed by atoms with van der Waals surface area (Å²) in [5.41, 5.74) is 0. The van der Waals surface area contributed by atoms with Gasteiger partial charge in [0.05, 0.1) is 24.7 Å². The molecule has 2 saturated heterocycles. The summed E-state index contributed by atoms with van der Waals surface area (Å²) in [5, 5.41) is 0. The third-order valence-corrected chi connectivity index (χ3v) is 6.62. The van der Waals surface area contributed by atoms with E-state index in [2.05, 4.69) is 9.97 Å². The van der Waals surface area contributed by atoms with Gasteiger partial charge in [0.15, 0.2) is 5.82 Å². The summed E-state index contributed by atoms with van der Waals surface area (Å²) in [6, 6.07) is 0. The van der Waals surface area contributed by atoms with E-state index in [0.717, 1.165) is 4.90 Å². The average molecular weight is 411 g/mol. The maximum Gasteiger partial charge on any atom is 0.234 e. The first-order chi connectivity index (χ1) is 13.3. The monoisotopic (exact) mass is 411 g/mol. The van der Waals surface area contributed by atoms with Gasteiger partial charge in [-0.1, -0.05) is 0 Å². The Kier molecular flexibility index (Phi) is 6.14. The number of amides is 2. The Bertz CT molecular complexity index is 828. The minimum Gasteiger partial charge on any atom is -0.472 e. The lowest BCUT2D eigenvalue weighted by molar-refractivity contribution is -0.147. The fourth-order valence-electron chi connectivity index (χ4n) is 3.21. The number of imide groups is 1. The quantitative estimate of drug-likeness (QED) is 0.570. The van der Waals surface area contributed by atoms with Gasteiger partial charge in [-0.3, -0.25) is 19.5 Å². The first-order valence-electron chi connectivity index (χ1n) is 9.23. The van der Waals surface area contributed by atoms with E-state index >= 15 is 0 Å². The number of nitrogens with zero attached hydrogens (tertiary/aromatic N) is 5. The first-order valence-corrected chi connectivity index (χ1v) is 10.8. The zero-order chi connectivity index (χ0) is 20.3. The lowest BCUT2D eigenvalue weighted by Gasteiger charge is -2.25. The van der Waals surface area contributed by atoms with Crippen molar-refractivity contribution < 1.29 is 22.7 Å². The highest BCUT2D eigenvalue weighted by Crippen LogP contribution is 2.21. The van der Waals surface area contributed by atoms with Crippen molar-refractivity contribution in [2.75, 3.05) is 44.4 Å².